The van der Waals surface area contributed by atoms with Gasteiger partial charge in [0.05, 0.1) is 4.92 Å². The van der Waals surface area contributed by atoms with Gasteiger partial charge in [0.15, 0.2) is 6.10 Å². The lowest BCUT2D eigenvalue weighted by Crippen LogP contribution is -2.31. The Morgan fingerprint density at radius 2 is 0.873 bits per heavy atom. The molecular weight excluding hydrogens is 899 g/mol. The van der Waals surface area contributed by atoms with E-state index in [1.807, 2.05) is 6.08 Å². The Labute approximate surface area is 428 Å². The average molecular weight is 992 g/mol. The van der Waals surface area contributed by atoms with Crippen molar-refractivity contribution < 1.29 is 47.8 Å². The molecule has 0 N–H and O–H groups in total. The van der Waals surface area contributed by atoms with Gasteiger partial charge in [-0.3, -0.25) is 24.5 Å². The van der Waals surface area contributed by atoms with Crippen molar-refractivity contribution in [3.05, 3.63) is 95.1 Å². The lowest BCUT2D eigenvalue weighted by molar-refractivity contribution is -0.384. The third-order valence-corrected chi connectivity index (χ3v) is 11.8. The SMILES string of the molecule is CCCCC/C=C\C/C=C\CCCCCCCC(=O)OCC(COC(=O)CCCCCCC/C=C\C/C=C\CCCCC)OC(=O)CCC(CC/C=C\CCCCC)OC(=O)Oc1ccc([N+](=O)[O-])cc1. The van der Waals surface area contributed by atoms with Crippen LogP contribution in [-0.4, -0.2) is 54.4 Å². The highest BCUT2D eigenvalue weighted by atomic mass is 16.7. The van der Waals surface area contributed by atoms with E-state index in [1.54, 1.807) is 0 Å². The molecule has 12 heteroatoms. The molecule has 0 aliphatic heterocycles. The lowest BCUT2D eigenvalue weighted by Gasteiger charge is -2.20. The first-order valence-corrected chi connectivity index (χ1v) is 27.6. The minimum absolute atomic E-state index is 0.0763. The van der Waals surface area contributed by atoms with E-state index in [4.69, 9.17) is 23.7 Å². The summed E-state index contributed by atoms with van der Waals surface area (Å²) in [4.78, 5) is 62.1. The van der Waals surface area contributed by atoms with Crippen LogP contribution in [0.25, 0.3) is 0 Å². The van der Waals surface area contributed by atoms with E-state index in [0.29, 0.717) is 25.7 Å². The van der Waals surface area contributed by atoms with Crippen LogP contribution in [0.2, 0.25) is 0 Å². The first-order valence-electron chi connectivity index (χ1n) is 27.6. The van der Waals surface area contributed by atoms with E-state index < -0.39 is 41.2 Å². The number of rotatable bonds is 46. The standard InChI is InChI=1S/C59H93NO11/c1-4-7-10-13-16-18-20-22-24-26-28-30-33-36-39-42-56(61)67-50-55(51-68-57(62)43-40-37-34-31-29-27-25-23-21-19-17-14-11-8-5-2)69-58(63)49-48-53(41-38-35-32-15-12-9-6-3)70-59(64)71-54-46-44-52(45-47-54)60(65)66/h16-19,22-25,32,35,44-47,53,55H,4-15,20-21,26-31,33-34,36-43,48-51H2,1-3H3/b18-16-,19-17-,24-22-,25-23-,35-32-. The number of nitrogens with zero attached hydrogens (tertiary/aromatic N) is 1. The lowest BCUT2D eigenvalue weighted by atomic mass is 10.1. The summed E-state index contributed by atoms with van der Waals surface area (Å²) < 4.78 is 27.7. The molecule has 0 heterocycles. The van der Waals surface area contributed by atoms with Gasteiger partial charge in [-0.05, 0) is 121 Å². The van der Waals surface area contributed by atoms with Crippen molar-refractivity contribution in [2.24, 2.45) is 0 Å². The summed E-state index contributed by atoms with van der Waals surface area (Å²) in [6, 6.07) is 5.05. The summed E-state index contributed by atoms with van der Waals surface area (Å²) in [7, 11) is 0. The second kappa shape index (κ2) is 47.3. The van der Waals surface area contributed by atoms with E-state index in [1.165, 1.54) is 62.8 Å². The summed E-state index contributed by atoms with van der Waals surface area (Å²) in [6.45, 7) is 6.07. The van der Waals surface area contributed by atoms with E-state index >= 15 is 0 Å². The second-order valence-corrected chi connectivity index (χ2v) is 18.4. The minimum atomic E-state index is -1.01. The van der Waals surface area contributed by atoms with Gasteiger partial charge in [-0.1, -0.05) is 159 Å². The number of nitro benzene ring substituents is 1. The number of carbonyl (C=O) groups excluding carboxylic acids is 4. The summed E-state index contributed by atoms with van der Waals surface area (Å²) in [5, 5.41) is 11.0. The van der Waals surface area contributed by atoms with Crippen LogP contribution in [0.15, 0.2) is 85.0 Å². The normalized spacial score (nSPS) is 12.2. The van der Waals surface area contributed by atoms with Crippen molar-refractivity contribution in [1.29, 1.82) is 0 Å². The number of non-ortho nitro benzene ring substituents is 1. The largest absolute Gasteiger partial charge is 0.514 e. The molecular formula is C59H93NO11. The number of ether oxygens (including phenoxy) is 5. The van der Waals surface area contributed by atoms with Crippen molar-refractivity contribution in [3.63, 3.8) is 0 Å². The van der Waals surface area contributed by atoms with Gasteiger partial charge in [-0.25, -0.2) is 4.79 Å². The molecule has 0 fully saturated rings. The van der Waals surface area contributed by atoms with Crippen LogP contribution < -0.4 is 4.74 Å². The van der Waals surface area contributed by atoms with E-state index in [9.17, 15) is 29.3 Å². The molecule has 0 bridgehead atoms. The number of unbranched alkanes of at least 4 members (excludes halogenated alkanes) is 19. The highest BCUT2D eigenvalue weighted by Crippen LogP contribution is 2.20. The molecule has 0 spiro atoms. The zero-order valence-corrected chi connectivity index (χ0v) is 44.2. The summed E-state index contributed by atoms with van der Waals surface area (Å²) in [5.74, 6) is -1.36. The van der Waals surface area contributed by atoms with Crippen LogP contribution in [0.4, 0.5) is 10.5 Å². The van der Waals surface area contributed by atoms with E-state index in [-0.39, 0.29) is 50.3 Å². The molecule has 0 radical (unpaired) electrons. The van der Waals surface area contributed by atoms with Crippen molar-refractivity contribution in [2.75, 3.05) is 13.2 Å². The van der Waals surface area contributed by atoms with Crippen LogP contribution in [0.1, 0.15) is 226 Å². The molecule has 0 amide bonds. The molecule has 0 aliphatic carbocycles. The topological polar surface area (TPSA) is 158 Å². The fourth-order valence-electron chi connectivity index (χ4n) is 7.50. The zero-order valence-electron chi connectivity index (χ0n) is 44.2. The predicted molar refractivity (Wildman–Crippen MR) is 286 cm³/mol. The quantitative estimate of drug-likeness (QED) is 0.0116. The Bertz CT molecular complexity index is 1600. The Balaban J connectivity index is 2.70. The second-order valence-electron chi connectivity index (χ2n) is 18.4. The van der Waals surface area contributed by atoms with Crippen molar-refractivity contribution in [2.45, 2.75) is 238 Å². The fourth-order valence-corrected chi connectivity index (χ4v) is 7.50. The molecule has 12 nitrogen and oxygen atoms in total. The average Bonchev–Trinajstić information content (AvgIpc) is 3.36. The molecule has 0 saturated carbocycles. The zero-order chi connectivity index (χ0) is 51.7. The molecule has 400 valence electrons. The highest BCUT2D eigenvalue weighted by Gasteiger charge is 2.23. The molecule has 71 heavy (non-hydrogen) atoms. The van der Waals surface area contributed by atoms with Gasteiger partial charge in [0.1, 0.15) is 25.1 Å². The Hall–Kier alpha value is -5.00. The molecule has 1 atom stereocenters. The summed E-state index contributed by atoms with van der Waals surface area (Å²) in [5.41, 5.74) is -0.148. The van der Waals surface area contributed by atoms with Gasteiger partial charge in [-0.15, -0.1) is 0 Å². The third kappa shape index (κ3) is 41.3. The molecule has 0 aliphatic rings. The maximum Gasteiger partial charge on any atom is 0.514 e. The van der Waals surface area contributed by atoms with Gasteiger partial charge >= 0.3 is 24.1 Å². The Morgan fingerprint density at radius 1 is 0.465 bits per heavy atom. The highest BCUT2D eigenvalue weighted by molar-refractivity contribution is 5.71. The smallest absolute Gasteiger partial charge is 0.462 e. The fraction of sp³-hybridized carbons (Fsp3) is 0.661. The number of hydrogen-bond donors (Lipinski definition) is 0. The van der Waals surface area contributed by atoms with Crippen molar-refractivity contribution in [1.82, 2.24) is 0 Å². The molecule has 1 aromatic carbocycles. The van der Waals surface area contributed by atoms with E-state index in [0.717, 1.165) is 116 Å². The van der Waals surface area contributed by atoms with Crippen LogP contribution in [0, 0.1) is 10.1 Å². The monoisotopic (exact) mass is 992 g/mol. The van der Waals surface area contributed by atoms with Gasteiger partial charge in [0.2, 0.25) is 0 Å². The number of nitro groups is 1. The Kier molecular flexibility index (Phi) is 42.7. The first-order chi connectivity index (χ1) is 34.7. The Morgan fingerprint density at radius 3 is 1.32 bits per heavy atom. The summed E-state index contributed by atoms with van der Waals surface area (Å²) >= 11 is 0. The van der Waals surface area contributed by atoms with Crippen LogP contribution in [-0.2, 0) is 33.3 Å². The van der Waals surface area contributed by atoms with Gasteiger partial charge < -0.3 is 23.7 Å². The van der Waals surface area contributed by atoms with Crippen LogP contribution >= 0.6 is 0 Å². The third-order valence-electron chi connectivity index (χ3n) is 11.8. The minimum Gasteiger partial charge on any atom is -0.462 e. The molecule has 0 aromatic heterocycles. The van der Waals surface area contributed by atoms with Gasteiger partial charge in [0, 0.05) is 31.4 Å². The molecule has 1 unspecified atom stereocenters. The number of allylic oxidation sites excluding steroid dienone is 10. The first kappa shape index (κ1) is 64.0. The van der Waals surface area contributed by atoms with Gasteiger partial charge in [0.25, 0.3) is 5.69 Å². The maximum atomic E-state index is 13.3. The molecule has 1 aromatic rings. The molecule has 1 rings (SSSR count). The van der Waals surface area contributed by atoms with E-state index in [2.05, 4.69) is 75.5 Å². The van der Waals surface area contributed by atoms with Gasteiger partial charge in [-0.2, -0.15) is 0 Å². The van der Waals surface area contributed by atoms with Crippen LogP contribution in [0.3, 0.4) is 0 Å². The maximum absolute atomic E-state index is 13.3. The number of esters is 3. The van der Waals surface area contributed by atoms with Crippen molar-refractivity contribution >= 4 is 29.8 Å². The summed E-state index contributed by atoms with van der Waals surface area (Å²) in [6.07, 6.45) is 48.7. The van der Waals surface area contributed by atoms with Crippen LogP contribution in [0.5, 0.6) is 5.75 Å². The number of benzene rings is 1. The molecule has 0 saturated heterocycles. The predicted octanol–water partition coefficient (Wildman–Crippen LogP) is 16.8. The number of carbonyl (C=O) groups is 4. The number of hydrogen-bond acceptors (Lipinski definition) is 11. The van der Waals surface area contributed by atoms with Crippen molar-refractivity contribution in [3.8, 4) is 5.75 Å².